The number of aliphatic hydroxyl groups excluding tert-OH is 1. The first-order chi connectivity index (χ1) is 4.83. The number of hydrogen-bond donors (Lipinski definition) is 1. The van der Waals surface area contributed by atoms with Gasteiger partial charge >= 0.3 is 0 Å². The van der Waals surface area contributed by atoms with Crippen molar-refractivity contribution in [3.63, 3.8) is 0 Å². The molecule has 0 saturated heterocycles. The van der Waals surface area contributed by atoms with Gasteiger partial charge in [-0.2, -0.15) is 0 Å². The molecule has 58 valence electrons. The van der Waals surface area contributed by atoms with Gasteiger partial charge in [0.1, 0.15) is 0 Å². The summed E-state index contributed by atoms with van der Waals surface area (Å²) in [6.07, 6.45) is 9.30. The maximum Gasteiger partial charge on any atom is 0.0612 e. The smallest absolute Gasteiger partial charge is 0.0612 e. The van der Waals surface area contributed by atoms with Crippen LogP contribution < -0.4 is 0 Å². The first-order valence-corrected chi connectivity index (χ1v) is 4.11. The van der Waals surface area contributed by atoms with Crippen molar-refractivity contribution < 1.29 is 5.11 Å². The predicted octanol–water partition coefficient (Wildman–Crippen LogP) is 2.12. The van der Waals surface area contributed by atoms with E-state index in [2.05, 4.69) is 13.0 Å². The zero-order valence-corrected chi connectivity index (χ0v) is 6.64. The van der Waals surface area contributed by atoms with E-state index < -0.39 is 0 Å². The highest BCUT2D eigenvalue weighted by Gasteiger charge is 2.31. The SMILES string of the molecule is CCC1(C=CCO)CCC1. The van der Waals surface area contributed by atoms with Crippen LogP contribution in [0.4, 0.5) is 0 Å². The summed E-state index contributed by atoms with van der Waals surface area (Å²) in [5.74, 6) is 0. The molecule has 1 saturated carbocycles. The molecule has 1 N–H and O–H groups in total. The molecule has 0 atom stereocenters. The molecule has 1 heteroatoms. The van der Waals surface area contributed by atoms with Crippen LogP contribution in [0.25, 0.3) is 0 Å². The van der Waals surface area contributed by atoms with Crippen molar-refractivity contribution in [1.82, 2.24) is 0 Å². The Morgan fingerprint density at radius 1 is 1.50 bits per heavy atom. The van der Waals surface area contributed by atoms with Gasteiger partial charge < -0.3 is 5.11 Å². The van der Waals surface area contributed by atoms with Crippen LogP contribution in [0.1, 0.15) is 32.6 Å². The van der Waals surface area contributed by atoms with Crippen molar-refractivity contribution in [3.8, 4) is 0 Å². The van der Waals surface area contributed by atoms with E-state index in [1.807, 2.05) is 6.08 Å². The normalized spacial score (nSPS) is 23.0. The van der Waals surface area contributed by atoms with E-state index in [-0.39, 0.29) is 6.61 Å². The third-order valence-electron chi connectivity index (χ3n) is 2.63. The average Bonchev–Trinajstić information content (AvgIpc) is 1.87. The number of hydrogen-bond acceptors (Lipinski definition) is 1. The summed E-state index contributed by atoms with van der Waals surface area (Å²) in [5, 5.41) is 8.56. The second-order valence-electron chi connectivity index (χ2n) is 3.15. The summed E-state index contributed by atoms with van der Waals surface area (Å²) < 4.78 is 0. The monoisotopic (exact) mass is 140 g/mol. The molecule has 0 aliphatic heterocycles. The van der Waals surface area contributed by atoms with Crippen molar-refractivity contribution in [2.75, 3.05) is 6.61 Å². The molecule has 0 amide bonds. The Labute approximate surface area is 62.8 Å². The lowest BCUT2D eigenvalue weighted by Crippen LogP contribution is -2.25. The Balaban J connectivity index is 2.40. The summed E-state index contributed by atoms with van der Waals surface area (Å²) in [6, 6.07) is 0. The van der Waals surface area contributed by atoms with Gasteiger partial charge in [0.15, 0.2) is 0 Å². The highest BCUT2D eigenvalue weighted by atomic mass is 16.2. The first kappa shape index (κ1) is 7.80. The van der Waals surface area contributed by atoms with Crippen LogP contribution in [0.15, 0.2) is 12.2 Å². The zero-order chi connectivity index (χ0) is 7.45. The van der Waals surface area contributed by atoms with Crippen LogP contribution in [-0.2, 0) is 0 Å². The van der Waals surface area contributed by atoms with Gasteiger partial charge in [-0.1, -0.05) is 25.5 Å². The Kier molecular flexibility index (Phi) is 2.50. The molecular weight excluding hydrogens is 124 g/mol. The second-order valence-corrected chi connectivity index (χ2v) is 3.15. The molecule has 0 heterocycles. The van der Waals surface area contributed by atoms with E-state index in [1.165, 1.54) is 25.7 Å². The van der Waals surface area contributed by atoms with Crippen molar-refractivity contribution in [3.05, 3.63) is 12.2 Å². The standard InChI is InChI=1S/C9H16O/c1-2-9(5-3-6-9)7-4-8-10/h4,7,10H,2-3,5-6,8H2,1H3. The lowest BCUT2D eigenvalue weighted by molar-refractivity contribution is 0.194. The van der Waals surface area contributed by atoms with E-state index in [0.29, 0.717) is 5.41 Å². The number of aliphatic hydroxyl groups is 1. The zero-order valence-electron chi connectivity index (χ0n) is 6.64. The van der Waals surface area contributed by atoms with Crippen LogP contribution in [-0.4, -0.2) is 11.7 Å². The minimum Gasteiger partial charge on any atom is -0.392 e. The van der Waals surface area contributed by atoms with E-state index in [4.69, 9.17) is 5.11 Å². The molecule has 0 aromatic heterocycles. The topological polar surface area (TPSA) is 20.2 Å². The molecule has 10 heavy (non-hydrogen) atoms. The summed E-state index contributed by atoms with van der Waals surface area (Å²) in [7, 11) is 0. The largest absolute Gasteiger partial charge is 0.392 e. The fraction of sp³-hybridized carbons (Fsp3) is 0.778. The lowest BCUT2D eigenvalue weighted by atomic mass is 9.67. The van der Waals surface area contributed by atoms with Gasteiger partial charge in [-0.3, -0.25) is 0 Å². The molecule has 0 aromatic carbocycles. The van der Waals surface area contributed by atoms with E-state index in [1.54, 1.807) is 0 Å². The maximum absolute atomic E-state index is 8.56. The molecule has 1 aliphatic rings. The number of rotatable bonds is 3. The highest BCUT2D eigenvalue weighted by Crippen LogP contribution is 2.44. The molecule has 1 fully saturated rings. The third kappa shape index (κ3) is 1.40. The molecule has 0 unspecified atom stereocenters. The van der Waals surface area contributed by atoms with Crippen LogP contribution in [0.5, 0.6) is 0 Å². The summed E-state index contributed by atoms with van der Waals surface area (Å²) in [6.45, 7) is 2.42. The number of allylic oxidation sites excluding steroid dienone is 1. The Hall–Kier alpha value is -0.300. The highest BCUT2D eigenvalue weighted by molar-refractivity contribution is 5.03. The van der Waals surface area contributed by atoms with Crippen molar-refractivity contribution in [1.29, 1.82) is 0 Å². The second kappa shape index (κ2) is 3.20. The molecule has 0 bridgehead atoms. The van der Waals surface area contributed by atoms with Crippen LogP contribution >= 0.6 is 0 Å². The average molecular weight is 140 g/mol. The van der Waals surface area contributed by atoms with Crippen LogP contribution in [0.2, 0.25) is 0 Å². The van der Waals surface area contributed by atoms with E-state index in [0.717, 1.165) is 0 Å². The molecule has 0 radical (unpaired) electrons. The van der Waals surface area contributed by atoms with Crippen molar-refractivity contribution in [2.24, 2.45) is 5.41 Å². The summed E-state index contributed by atoms with van der Waals surface area (Å²) in [4.78, 5) is 0. The Morgan fingerprint density at radius 2 is 2.20 bits per heavy atom. The van der Waals surface area contributed by atoms with Crippen molar-refractivity contribution >= 4 is 0 Å². The van der Waals surface area contributed by atoms with Gasteiger partial charge in [-0.25, -0.2) is 0 Å². The molecule has 0 spiro atoms. The van der Waals surface area contributed by atoms with Crippen LogP contribution in [0, 0.1) is 5.41 Å². The predicted molar refractivity (Wildman–Crippen MR) is 42.8 cm³/mol. The minimum absolute atomic E-state index is 0.196. The van der Waals surface area contributed by atoms with E-state index >= 15 is 0 Å². The Morgan fingerprint density at radius 3 is 2.50 bits per heavy atom. The Bertz CT molecular complexity index is 117. The molecule has 0 aromatic rings. The van der Waals surface area contributed by atoms with Gasteiger partial charge in [-0.15, -0.1) is 0 Å². The van der Waals surface area contributed by atoms with Gasteiger partial charge in [0.25, 0.3) is 0 Å². The summed E-state index contributed by atoms with van der Waals surface area (Å²) in [5.41, 5.74) is 0.475. The molecule has 1 aliphatic carbocycles. The van der Waals surface area contributed by atoms with Crippen molar-refractivity contribution in [2.45, 2.75) is 32.6 Å². The molecule has 1 nitrogen and oxygen atoms in total. The molecule has 1 rings (SSSR count). The lowest BCUT2D eigenvalue weighted by Gasteiger charge is -2.38. The van der Waals surface area contributed by atoms with Gasteiger partial charge in [0.05, 0.1) is 6.61 Å². The molecular formula is C9H16O. The van der Waals surface area contributed by atoms with Gasteiger partial charge in [0, 0.05) is 0 Å². The fourth-order valence-electron chi connectivity index (χ4n) is 1.57. The van der Waals surface area contributed by atoms with Gasteiger partial charge in [0.2, 0.25) is 0 Å². The quantitative estimate of drug-likeness (QED) is 0.595. The fourth-order valence-corrected chi connectivity index (χ4v) is 1.57. The summed E-state index contributed by atoms with van der Waals surface area (Å²) >= 11 is 0. The first-order valence-electron chi connectivity index (χ1n) is 4.11. The minimum atomic E-state index is 0.196. The van der Waals surface area contributed by atoms with Gasteiger partial charge in [-0.05, 0) is 24.7 Å². The van der Waals surface area contributed by atoms with E-state index in [9.17, 15) is 0 Å². The maximum atomic E-state index is 8.56. The van der Waals surface area contributed by atoms with Crippen LogP contribution in [0.3, 0.4) is 0 Å². The third-order valence-corrected chi connectivity index (χ3v) is 2.63.